The first kappa shape index (κ1) is 16.8. The first-order valence-corrected chi connectivity index (χ1v) is 9.58. The van der Waals surface area contributed by atoms with Crippen LogP contribution in [-0.2, 0) is 0 Å². The van der Waals surface area contributed by atoms with E-state index in [1.165, 1.54) is 12.8 Å². The van der Waals surface area contributed by atoms with Crippen molar-refractivity contribution < 1.29 is 5.11 Å². The van der Waals surface area contributed by atoms with Gasteiger partial charge in [0.2, 0.25) is 0 Å². The fourth-order valence-electron chi connectivity index (χ4n) is 3.65. The van der Waals surface area contributed by atoms with Gasteiger partial charge in [0.15, 0.2) is 0 Å². The molecule has 0 saturated carbocycles. The summed E-state index contributed by atoms with van der Waals surface area (Å²) >= 11 is 10.0. The van der Waals surface area contributed by atoms with Gasteiger partial charge in [0.05, 0.1) is 11.1 Å². The molecule has 128 valence electrons. The van der Waals surface area contributed by atoms with Gasteiger partial charge in [-0.3, -0.25) is 9.88 Å². The molecule has 2 aromatic carbocycles. The molecule has 1 aromatic heterocycles. The van der Waals surface area contributed by atoms with Gasteiger partial charge < -0.3 is 5.11 Å². The quantitative estimate of drug-likeness (QED) is 0.607. The van der Waals surface area contributed by atoms with Crippen molar-refractivity contribution in [1.29, 1.82) is 0 Å². The van der Waals surface area contributed by atoms with E-state index in [4.69, 9.17) is 11.6 Å². The van der Waals surface area contributed by atoms with Gasteiger partial charge in [-0.25, -0.2) is 0 Å². The molecule has 1 N–H and O–H groups in total. The summed E-state index contributed by atoms with van der Waals surface area (Å²) in [5, 5.41) is 12.4. The van der Waals surface area contributed by atoms with Crippen molar-refractivity contribution in [3.63, 3.8) is 0 Å². The third-order valence-electron chi connectivity index (χ3n) is 4.83. The number of hydrogen-bond acceptors (Lipinski definition) is 3. The molecule has 0 radical (unpaired) electrons. The van der Waals surface area contributed by atoms with Gasteiger partial charge >= 0.3 is 0 Å². The molecule has 0 aliphatic carbocycles. The lowest BCUT2D eigenvalue weighted by atomic mass is 9.95. The Bertz CT molecular complexity index is 907. The second-order valence-corrected chi connectivity index (χ2v) is 7.72. The summed E-state index contributed by atoms with van der Waals surface area (Å²) in [4.78, 5) is 6.76. The predicted octanol–water partition coefficient (Wildman–Crippen LogP) is 5.54. The molecule has 1 saturated heterocycles. The molecule has 3 aromatic rings. The topological polar surface area (TPSA) is 36.4 Å². The second-order valence-electron chi connectivity index (χ2n) is 6.39. The number of benzene rings is 2. The summed E-state index contributed by atoms with van der Waals surface area (Å²) in [7, 11) is 0. The average Bonchev–Trinajstić information content (AvgIpc) is 3.15. The molecular weight excluding hydrogens is 400 g/mol. The summed E-state index contributed by atoms with van der Waals surface area (Å²) in [5.74, 6) is 0.222. The minimum Gasteiger partial charge on any atom is -0.505 e. The summed E-state index contributed by atoms with van der Waals surface area (Å²) in [6.07, 6.45) is 4.04. The highest BCUT2D eigenvalue weighted by atomic mass is 79.9. The van der Waals surface area contributed by atoms with Crippen LogP contribution in [0.25, 0.3) is 10.9 Å². The van der Waals surface area contributed by atoms with Crippen LogP contribution in [0.15, 0.2) is 53.1 Å². The Morgan fingerprint density at radius 2 is 1.84 bits per heavy atom. The van der Waals surface area contributed by atoms with Gasteiger partial charge in [-0.15, -0.1) is 0 Å². The number of aromatic nitrogens is 1. The van der Waals surface area contributed by atoms with Crippen molar-refractivity contribution in [3.05, 3.63) is 69.3 Å². The first-order valence-electron chi connectivity index (χ1n) is 8.41. The molecule has 0 spiro atoms. The summed E-state index contributed by atoms with van der Waals surface area (Å²) in [5.41, 5.74) is 2.53. The SMILES string of the molecule is Oc1c(C(c2ccc(Br)cc2)N2CCCC2)cc(Cl)c2cccnc12. The van der Waals surface area contributed by atoms with Crippen LogP contribution in [-0.4, -0.2) is 28.1 Å². The highest BCUT2D eigenvalue weighted by Crippen LogP contribution is 2.41. The zero-order valence-corrected chi connectivity index (χ0v) is 16.0. The number of phenolic OH excluding ortho intramolecular Hbond substituents is 1. The van der Waals surface area contributed by atoms with Crippen LogP contribution in [0.5, 0.6) is 5.75 Å². The molecule has 1 aliphatic rings. The van der Waals surface area contributed by atoms with Crippen LogP contribution in [0.1, 0.15) is 30.0 Å². The molecule has 1 fully saturated rings. The molecule has 0 amide bonds. The Kier molecular flexibility index (Phi) is 4.67. The first-order chi connectivity index (χ1) is 12.1. The lowest BCUT2D eigenvalue weighted by molar-refractivity contribution is 0.275. The Hall–Kier alpha value is -1.62. The molecule has 3 nitrogen and oxygen atoms in total. The van der Waals surface area contributed by atoms with Crippen LogP contribution in [0.4, 0.5) is 0 Å². The molecule has 0 bridgehead atoms. The number of pyridine rings is 1. The van der Waals surface area contributed by atoms with Crippen molar-refractivity contribution in [2.75, 3.05) is 13.1 Å². The Labute approximate surface area is 160 Å². The van der Waals surface area contributed by atoms with Gasteiger partial charge in [-0.1, -0.05) is 39.7 Å². The number of nitrogens with zero attached hydrogens (tertiary/aromatic N) is 2. The average molecular weight is 418 g/mol. The third-order valence-corrected chi connectivity index (χ3v) is 5.67. The minimum absolute atomic E-state index is 0.0282. The van der Waals surface area contributed by atoms with E-state index < -0.39 is 0 Å². The standard InChI is InChI=1S/C20H18BrClN2O/c21-14-7-5-13(6-8-14)19(24-10-1-2-11-24)16-12-17(22)15-4-3-9-23-18(15)20(16)25/h3-9,12,19,25H,1-2,10-11H2. The van der Waals surface area contributed by atoms with Crippen LogP contribution in [0, 0.1) is 0 Å². The number of halogens is 2. The zero-order valence-electron chi connectivity index (χ0n) is 13.6. The molecule has 1 atom stereocenters. The highest BCUT2D eigenvalue weighted by Gasteiger charge is 2.28. The number of phenols is 1. The molecule has 5 heteroatoms. The highest BCUT2D eigenvalue weighted by molar-refractivity contribution is 9.10. The fourth-order valence-corrected chi connectivity index (χ4v) is 4.18. The van der Waals surface area contributed by atoms with Crippen molar-refractivity contribution in [1.82, 2.24) is 9.88 Å². The smallest absolute Gasteiger partial charge is 0.147 e. The maximum Gasteiger partial charge on any atom is 0.147 e. The lowest BCUT2D eigenvalue weighted by Gasteiger charge is -2.29. The van der Waals surface area contributed by atoms with Crippen LogP contribution in [0.2, 0.25) is 5.02 Å². The normalized spacial score (nSPS) is 16.4. The van der Waals surface area contributed by atoms with Gasteiger partial charge in [0.25, 0.3) is 0 Å². The van der Waals surface area contributed by atoms with Crippen LogP contribution >= 0.6 is 27.5 Å². The third kappa shape index (κ3) is 3.14. The molecule has 4 rings (SSSR count). The van der Waals surface area contributed by atoms with Crippen molar-refractivity contribution in [2.45, 2.75) is 18.9 Å². The Balaban J connectivity index is 1.91. The molecule has 1 aliphatic heterocycles. The van der Waals surface area contributed by atoms with Gasteiger partial charge in [0, 0.05) is 21.6 Å². The summed E-state index contributed by atoms with van der Waals surface area (Å²) < 4.78 is 1.04. The van der Waals surface area contributed by atoms with E-state index >= 15 is 0 Å². The van der Waals surface area contributed by atoms with E-state index in [2.05, 4.69) is 37.9 Å². The maximum absolute atomic E-state index is 11.0. The van der Waals surface area contributed by atoms with Crippen molar-refractivity contribution in [3.8, 4) is 5.75 Å². The second kappa shape index (κ2) is 6.94. The monoisotopic (exact) mass is 416 g/mol. The molecule has 2 heterocycles. The molecule has 25 heavy (non-hydrogen) atoms. The van der Waals surface area contributed by atoms with Crippen LogP contribution < -0.4 is 0 Å². The molecule has 1 unspecified atom stereocenters. The summed E-state index contributed by atoms with van der Waals surface area (Å²) in [6, 6.07) is 13.9. The fraction of sp³-hybridized carbons (Fsp3) is 0.250. The largest absolute Gasteiger partial charge is 0.505 e. The van der Waals surface area contributed by atoms with Crippen LogP contribution in [0.3, 0.4) is 0 Å². The van der Waals surface area contributed by atoms with Crippen molar-refractivity contribution >= 4 is 38.4 Å². The Morgan fingerprint density at radius 1 is 1.12 bits per heavy atom. The van der Waals surface area contributed by atoms with E-state index in [9.17, 15) is 5.11 Å². The number of hydrogen-bond donors (Lipinski definition) is 1. The van der Waals surface area contributed by atoms with E-state index in [0.717, 1.165) is 34.1 Å². The van der Waals surface area contributed by atoms with E-state index in [1.54, 1.807) is 6.20 Å². The molecular formula is C20H18BrClN2O. The minimum atomic E-state index is -0.0282. The lowest BCUT2D eigenvalue weighted by Crippen LogP contribution is -2.26. The summed E-state index contributed by atoms with van der Waals surface area (Å²) in [6.45, 7) is 2.02. The predicted molar refractivity (Wildman–Crippen MR) is 105 cm³/mol. The van der Waals surface area contributed by atoms with Gasteiger partial charge in [-0.05, 0) is 61.8 Å². The van der Waals surface area contributed by atoms with Crippen molar-refractivity contribution in [2.24, 2.45) is 0 Å². The van der Waals surface area contributed by atoms with Gasteiger partial charge in [0.1, 0.15) is 11.3 Å². The number of fused-ring (bicyclic) bond motifs is 1. The van der Waals surface area contributed by atoms with Gasteiger partial charge in [-0.2, -0.15) is 0 Å². The number of rotatable bonds is 3. The van der Waals surface area contributed by atoms with E-state index in [1.807, 2.05) is 30.3 Å². The number of likely N-dealkylation sites (tertiary alicyclic amines) is 1. The number of aromatic hydroxyl groups is 1. The maximum atomic E-state index is 11.0. The van der Waals surface area contributed by atoms with E-state index in [-0.39, 0.29) is 11.8 Å². The van der Waals surface area contributed by atoms with E-state index in [0.29, 0.717) is 10.5 Å². The zero-order chi connectivity index (χ0) is 17.4. The Morgan fingerprint density at radius 3 is 2.56 bits per heavy atom.